The predicted molar refractivity (Wildman–Crippen MR) is 133 cm³/mol. The normalized spacial score (nSPS) is 14.5. The average Bonchev–Trinajstić information content (AvgIpc) is 2.80. The van der Waals surface area contributed by atoms with Crippen LogP contribution in [0.5, 0.6) is 0 Å². The molecule has 8 heteroatoms. The van der Waals surface area contributed by atoms with Gasteiger partial charge in [0.05, 0.1) is 0 Å². The van der Waals surface area contributed by atoms with Crippen LogP contribution in [0.2, 0.25) is 0 Å². The fourth-order valence-electron chi connectivity index (χ4n) is 3.91. The standard InChI is InChI=1S/C25H32N4O3S/c1-17-5-6-18(2)20(15-17)16-23(26-19(3)30)24(31)28-11-13-29(14-12-28)25(32)27-21-7-9-22(33-4)10-8-21/h5-10,15,23H,11-14,16H2,1-4H3,(H,26,30)(H,27,32)/t23-/m0/s1. The van der Waals surface area contributed by atoms with Crippen LogP contribution >= 0.6 is 11.8 Å². The predicted octanol–water partition coefficient (Wildman–Crippen LogP) is 3.45. The van der Waals surface area contributed by atoms with Crippen LogP contribution in [-0.2, 0) is 16.0 Å². The first-order valence-corrected chi connectivity index (χ1v) is 12.3. The van der Waals surface area contributed by atoms with Gasteiger partial charge < -0.3 is 20.4 Å². The van der Waals surface area contributed by atoms with Crippen molar-refractivity contribution in [3.05, 3.63) is 59.2 Å². The van der Waals surface area contributed by atoms with E-state index in [0.29, 0.717) is 32.6 Å². The van der Waals surface area contributed by atoms with E-state index in [4.69, 9.17) is 0 Å². The van der Waals surface area contributed by atoms with Gasteiger partial charge in [0.1, 0.15) is 6.04 Å². The summed E-state index contributed by atoms with van der Waals surface area (Å²) in [6.07, 6.45) is 2.45. The highest BCUT2D eigenvalue weighted by Gasteiger charge is 2.30. The van der Waals surface area contributed by atoms with Crippen LogP contribution < -0.4 is 10.6 Å². The van der Waals surface area contributed by atoms with Crippen LogP contribution in [0.4, 0.5) is 10.5 Å². The Hall–Kier alpha value is -3.00. The number of aryl methyl sites for hydroxylation is 2. The zero-order valence-corrected chi connectivity index (χ0v) is 20.5. The molecule has 2 aromatic rings. The maximum Gasteiger partial charge on any atom is 0.321 e. The van der Waals surface area contributed by atoms with Crippen molar-refractivity contribution >= 4 is 35.3 Å². The number of hydrogen-bond donors (Lipinski definition) is 2. The second-order valence-corrected chi connectivity index (χ2v) is 9.24. The van der Waals surface area contributed by atoms with E-state index in [2.05, 4.69) is 16.7 Å². The number of carbonyl (C=O) groups is 3. The van der Waals surface area contributed by atoms with E-state index in [9.17, 15) is 14.4 Å². The number of urea groups is 1. The van der Waals surface area contributed by atoms with Gasteiger partial charge in [-0.2, -0.15) is 0 Å². The maximum absolute atomic E-state index is 13.3. The molecule has 0 bridgehead atoms. The van der Waals surface area contributed by atoms with Crippen LogP contribution in [0, 0.1) is 13.8 Å². The monoisotopic (exact) mass is 468 g/mol. The number of nitrogens with one attached hydrogen (secondary N) is 2. The van der Waals surface area contributed by atoms with E-state index in [1.165, 1.54) is 6.92 Å². The minimum Gasteiger partial charge on any atom is -0.344 e. The first-order chi connectivity index (χ1) is 15.8. The maximum atomic E-state index is 13.3. The summed E-state index contributed by atoms with van der Waals surface area (Å²) in [5, 5.41) is 5.74. The lowest BCUT2D eigenvalue weighted by Gasteiger charge is -2.36. The Morgan fingerprint density at radius 1 is 0.970 bits per heavy atom. The summed E-state index contributed by atoms with van der Waals surface area (Å²) in [6, 6.07) is 13.0. The third-order valence-electron chi connectivity index (χ3n) is 5.82. The van der Waals surface area contributed by atoms with Crippen LogP contribution in [0.15, 0.2) is 47.4 Å². The largest absolute Gasteiger partial charge is 0.344 e. The molecule has 1 heterocycles. The molecule has 0 saturated carbocycles. The van der Waals surface area contributed by atoms with Gasteiger partial charge in [0, 0.05) is 50.1 Å². The Morgan fingerprint density at radius 3 is 2.21 bits per heavy atom. The van der Waals surface area contributed by atoms with Gasteiger partial charge in [-0.05, 0) is 55.5 Å². The van der Waals surface area contributed by atoms with Gasteiger partial charge in [-0.3, -0.25) is 9.59 Å². The first kappa shape index (κ1) is 24.6. The average molecular weight is 469 g/mol. The minimum absolute atomic E-state index is 0.112. The fraction of sp³-hybridized carbons (Fsp3) is 0.400. The van der Waals surface area contributed by atoms with Gasteiger partial charge in [-0.1, -0.05) is 23.8 Å². The lowest BCUT2D eigenvalue weighted by atomic mass is 9.98. The van der Waals surface area contributed by atoms with Crippen molar-refractivity contribution in [2.75, 3.05) is 37.8 Å². The molecule has 0 aromatic heterocycles. The van der Waals surface area contributed by atoms with Gasteiger partial charge >= 0.3 is 6.03 Å². The zero-order chi connectivity index (χ0) is 24.0. The molecule has 0 unspecified atom stereocenters. The number of nitrogens with zero attached hydrogens (tertiary/aromatic N) is 2. The number of amides is 4. The molecular formula is C25H32N4O3S. The third kappa shape index (κ3) is 6.74. The fourth-order valence-corrected chi connectivity index (χ4v) is 4.32. The molecule has 7 nitrogen and oxygen atoms in total. The second kappa shape index (κ2) is 11.2. The van der Waals surface area contributed by atoms with Crippen molar-refractivity contribution < 1.29 is 14.4 Å². The molecule has 4 amide bonds. The second-order valence-electron chi connectivity index (χ2n) is 8.36. The topological polar surface area (TPSA) is 81.8 Å². The van der Waals surface area contributed by atoms with E-state index in [1.807, 2.05) is 56.5 Å². The summed E-state index contributed by atoms with van der Waals surface area (Å²) in [6.45, 7) is 7.20. The lowest BCUT2D eigenvalue weighted by Crippen LogP contribution is -2.56. The highest BCUT2D eigenvalue weighted by molar-refractivity contribution is 7.98. The van der Waals surface area contributed by atoms with Gasteiger partial charge in [-0.15, -0.1) is 11.8 Å². The summed E-state index contributed by atoms with van der Waals surface area (Å²) in [5.41, 5.74) is 4.01. The number of carbonyl (C=O) groups excluding carboxylic acids is 3. The molecule has 1 atom stereocenters. The lowest BCUT2D eigenvalue weighted by molar-refractivity contribution is -0.137. The summed E-state index contributed by atoms with van der Waals surface area (Å²) < 4.78 is 0. The van der Waals surface area contributed by atoms with Crippen LogP contribution in [0.25, 0.3) is 0 Å². The van der Waals surface area contributed by atoms with Crippen molar-refractivity contribution in [3.63, 3.8) is 0 Å². The first-order valence-electron chi connectivity index (χ1n) is 11.1. The van der Waals surface area contributed by atoms with Crippen molar-refractivity contribution in [1.29, 1.82) is 0 Å². The van der Waals surface area contributed by atoms with E-state index in [0.717, 1.165) is 27.3 Å². The van der Waals surface area contributed by atoms with E-state index >= 15 is 0 Å². The Labute approximate surface area is 199 Å². The molecular weight excluding hydrogens is 436 g/mol. The summed E-state index contributed by atoms with van der Waals surface area (Å²) in [5.74, 6) is -0.344. The van der Waals surface area contributed by atoms with E-state index in [1.54, 1.807) is 21.6 Å². The Bertz CT molecular complexity index is 1000. The van der Waals surface area contributed by atoms with Crippen molar-refractivity contribution in [2.24, 2.45) is 0 Å². The molecule has 1 aliphatic heterocycles. The molecule has 0 spiro atoms. The Morgan fingerprint density at radius 2 is 1.61 bits per heavy atom. The van der Waals surface area contributed by atoms with Crippen molar-refractivity contribution in [1.82, 2.24) is 15.1 Å². The number of benzene rings is 2. The molecule has 1 saturated heterocycles. The molecule has 33 heavy (non-hydrogen) atoms. The summed E-state index contributed by atoms with van der Waals surface area (Å²) in [7, 11) is 0. The smallest absolute Gasteiger partial charge is 0.321 e. The minimum atomic E-state index is -0.627. The van der Waals surface area contributed by atoms with Gasteiger partial charge in [0.2, 0.25) is 11.8 Å². The number of rotatable bonds is 6. The highest BCUT2D eigenvalue weighted by atomic mass is 32.2. The molecule has 1 fully saturated rings. The molecule has 2 aromatic carbocycles. The van der Waals surface area contributed by atoms with Gasteiger partial charge in [-0.25, -0.2) is 4.79 Å². The zero-order valence-electron chi connectivity index (χ0n) is 19.7. The number of thioether (sulfide) groups is 1. The van der Waals surface area contributed by atoms with Gasteiger partial charge in [0.15, 0.2) is 0 Å². The molecule has 0 aliphatic carbocycles. The SMILES string of the molecule is CSc1ccc(NC(=O)N2CCN(C(=O)[C@H](Cc3cc(C)ccc3C)NC(C)=O)CC2)cc1. The Balaban J connectivity index is 1.59. The molecule has 3 rings (SSSR count). The Kier molecular flexibility index (Phi) is 8.38. The molecule has 1 aliphatic rings. The molecule has 0 radical (unpaired) electrons. The van der Waals surface area contributed by atoms with Crippen LogP contribution in [0.1, 0.15) is 23.6 Å². The number of anilines is 1. The highest BCUT2D eigenvalue weighted by Crippen LogP contribution is 2.18. The third-order valence-corrected chi connectivity index (χ3v) is 6.57. The van der Waals surface area contributed by atoms with Crippen LogP contribution in [-0.4, -0.2) is 66.1 Å². The molecule has 176 valence electrons. The molecule has 2 N–H and O–H groups in total. The summed E-state index contributed by atoms with van der Waals surface area (Å²) >= 11 is 1.65. The quantitative estimate of drug-likeness (QED) is 0.637. The summed E-state index contributed by atoms with van der Waals surface area (Å²) in [4.78, 5) is 42.3. The van der Waals surface area contributed by atoms with E-state index < -0.39 is 6.04 Å². The van der Waals surface area contributed by atoms with Gasteiger partial charge in [0.25, 0.3) is 0 Å². The van der Waals surface area contributed by atoms with Crippen molar-refractivity contribution in [3.8, 4) is 0 Å². The number of piperazine rings is 1. The van der Waals surface area contributed by atoms with E-state index in [-0.39, 0.29) is 17.8 Å². The van der Waals surface area contributed by atoms with Crippen molar-refractivity contribution in [2.45, 2.75) is 38.1 Å². The number of hydrogen-bond acceptors (Lipinski definition) is 4. The van der Waals surface area contributed by atoms with Crippen LogP contribution in [0.3, 0.4) is 0 Å².